The third-order valence-electron chi connectivity index (χ3n) is 3.75. The molecule has 2 nitrogen and oxygen atoms in total. The van der Waals surface area contributed by atoms with E-state index in [-0.39, 0.29) is 6.04 Å². The van der Waals surface area contributed by atoms with Gasteiger partial charge in [-0.1, -0.05) is 32.1 Å². The fourth-order valence-electron chi connectivity index (χ4n) is 2.71. The summed E-state index contributed by atoms with van der Waals surface area (Å²) in [5.74, 6) is 2.56. The number of furan rings is 1. The first-order valence-electron chi connectivity index (χ1n) is 6.59. The van der Waals surface area contributed by atoms with Gasteiger partial charge in [0.2, 0.25) is 0 Å². The van der Waals surface area contributed by atoms with E-state index in [1.165, 1.54) is 44.9 Å². The van der Waals surface area contributed by atoms with Crippen LogP contribution in [0, 0.1) is 12.8 Å². The van der Waals surface area contributed by atoms with Crippen LogP contribution in [-0.4, -0.2) is 0 Å². The molecule has 1 aromatic heterocycles. The summed E-state index contributed by atoms with van der Waals surface area (Å²) in [6.45, 7) is 1.98. The van der Waals surface area contributed by atoms with Crippen LogP contribution in [0.2, 0.25) is 0 Å². The summed E-state index contributed by atoms with van der Waals surface area (Å²) >= 11 is 0. The average Bonchev–Trinajstić information content (AvgIpc) is 2.63. The first-order chi connectivity index (χ1) is 7.77. The van der Waals surface area contributed by atoms with Gasteiger partial charge in [-0.2, -0.15) is 0 Å². The predicted molar refractivity (Wildman–Crippen MR) is 66.2 cm³/mol. The van der Waals surface area contributed by atoms with Crippen LogP contribution in [0.5, 0.6) is 0 Å². The average molecular weight is 221 g/mol. The van der Waals surface area contributed by atoms with Crippen molar-refractivity contribution in [1.29, 1.82) is 0 Å². The van der Waals surface area contributed by atoms with Gasteiger partial charge in [-0.3, -0.25) is 0 Å². The van der Waals surface area contributed by atoms with Crippen LogP contribution in [0.25, 0.3) is 0 Å². The summed E-state index contributed by atoms with van der Waals surface area (Å²) in [6.07, 6.45) is 9.35. The summed E-state index contributed by atoms with van der Waals surface area (Å²) in [6, 6.07) is 4.16. The van der Waals surface area contributed by atoms with Gasteiger partial charge in [0, 0.05) is 0 Å². The van der Waals surface area contributed by atoms with E-state index in [0.717, 1.165) is 11.5 Å². The molecular weight excluding hydrogens is 198 g/mol. The highest BCUT2D eigenvalue weighted by Crippen LogP contribution is 2.31. The standard InChI is InChI=1S/C14H23NO/c1-11-9-10-13(16-11)14(15)12-7-5-3-2-4-6-8-12/h9-10,12,14H,2-8,15H2,1H3. The maximum absolute atomic E-state index is 6.31. The van der Waals surface area contributed by atoms with E-state index >= 15 is 0 Å². The zero-order chi connectivity index (χ0) is 11.4. The molecule has 0 saturated heterocycles. The minimum absolute atomic E-state index is 0.104. The lowest BCUT2D eigenvalue weighted by Crippen LogP contribution is -2.21. The maximum atomic E-state index is 6.31. The van der Waals surface area contributed by atoms with Crippen molar-refractivity contribution in [2.24, 2.45) is 11.7 Å². The van der Waals surface area contributed by atoms with E-state index in [2.05, 4.69) is 0 Å². The minimum atomic E-state index is 0.104. The molecule has 1 fully saturated rings. The Morgan fingerprint density at radius 1 is 1.12 bits per heavy atom. The second-order valence-electron chi connectivity index (χ2n) is 5.08. The van der Waals surface area contributed by atoms with Crippen LogP contribution in [-0.2, 0) is 0 Å². The van der Waals surface area contributed by atoms with Gasteiger partial charge in [0.1, 0.15) is 11.5 Å². The summed E-state index contributed by atoms with van der Waals surface area (Å²) < 4.78 is 5.65. The van der Waals surface area contributed by atoms with Crippen molar-refractivity contribution < 1.29 is 4.42 Å². The summed E-state index contributed by atoms with van der Waals surface area (Å²) in [7, 11) is 0. The Labute approximate surface area is 98.2 Å². The molecule has 0 amide bonds. The van der Waals surface area contributed by atoms with Crippen LogP contribution in [0.15, 0.2) is 16.5 Å². The second kappa shape index (κ2) is 5.53. The smallest absolute Gasteiger partial charge is 0.121 e. The van der Waals surface area contributed by atoms with Gasteiger partial charge >= 0.3 is 0 Å². The van der Waals surface area contributed by atoms with Crippen LogP contribution >= 0.6 is 0 Å². The zero-order valence-electron chi connectivity index (χ0n) is 10.2. The van der Waals surface area contributed by atoms with Gasteiger partial charge in [0.15, 0.2) is 0 Å². The molecule has 2 N–H and O–H groups in total. The molecule has 1 unspecified atom stereocenters. The fourth-order valence-corrected chi connectivity index (χ4v) is 2.71. The van der Waals surface area contributed by atoms with Crippen LogP contribution in [0.4, 0.5) is 0 Å². The maximum Gasteiger partial charge on any atom is 0.121 e. The number of nitrogens with two attached hydrogens (primary N) is 1. The Morgan fingerprint density at radius 3 is 2.31 bits per heavy atom. The molecule has 1 aliphatic rings. The zero-order valence-corrected chi connectivity index (χ0v) is 10.2. The molecule has 1 aromatic rings. The van der Waals surface area contributed by atoms with E-state index in [4.69, 9.17) is 10.2 Å². The van der Waals surface area contributed by atoms with E-state index < -0.39 is 0 Å². The quantitative estimate of drug-likeness (QED) is 0.821. The third-order valence-corrected chi connectivity index (χ3v) is 3.75. The highest BCUT2D eigenvalue weighted by atomic mass is 16.3. The molecule has 1 aliphatic carbocycles. The van der Waals surface area contributed by atoms with Crippen molar-refractivity contribution in [2.75, 3.05) is 0 Å². The Morgan fingerprint density at radius 2 is 1.75 bits per heavy atom. The molecule has 2 heteroatoms. The van der Waals surface area contributed by atoms with Crippen molar-refractivity contribution in [1.82, 2.24) is 0 Å². The first-order valence-corrected chi connectivity index (χ1v) is 6.59. The highest BCUT2D eigenvalue weighted by molar-refractivity contribution is 5.10. The van der Waals surface area contributed by atoms with E-state index in [1.54, 1.807) is 0 Å². The van der Waals surface area contributed by atoms with Gasteiger partial charge in [-0.15, -0.1) is 0 Å². The molecule has 0 radical (unpaired) electrons. The molecule has 2 rings (SSSR count). The number of hydrogen-bond donors (Lipinski definition) is 1. The normalized spacial score (nSPS) is 21.4. The summed E-state index contributed by atoms with van der Waals surface area (Å²) in [4.78, 5) is 0. The monoisotopic (exact) mass is 221 g/mol. The van der Waals surface area contributed by atoms with E-state index in [9.17, 15) is 0 Å². The highest BCUT2D eigenvalue weighted by Gasteiger charge is 2.22. The van der Waals surface area contributed by atoms with E-state index in [1.807, 2.05) is 19.1 Å². The van der Waals surface area contributed by atoms with Crippen LogP contribution < -0.4 is 5.73 Å². The molecule has 0 aliphatic heterocycles. The molecule has 1 atom stereocenters. The topological polar surface area (TPSA) is 39.2 Å². The largest absolute Gasteiger partial charge is 0.465 e. The van der Waals surface area contributed by atoms with Gasteiger partial charge in [-0.05, 0) is 37.8 Å². The lowest BCUT2D eigenvalue weighted by Gasteiger charge is -2.24. The number of aryl methyl sites for hydroxylation is 1. The molecule has 0 aromatic carbocycles. The van der Waals surface area contributed by atoms with Crippen molar-refractivity contribution in [2.45, 2.75) is 57.9 Å². The lowest BCUT2D eigenvalue weighted by atomic mass is 9.85. The Bertz CT molecular complexity index is 310. The first kappa shape index (κ1) is 11.7. The van der Waals surface area contributed by atoms with Crippen molar-refractivity contribution in [3.63, 3.8) is 0 Å². The van der Waals surface area contributed by atoms with Gasteiger partial charge < -0.3 is 10.2 Å². The molecule has 1 heterocycles. The molecule has 1 saturated carbocycles. The van der Waals surface area contributed by atoms with Crippen molar-refractivity contribution >= 4 is 0 Å². The van der Waals surface area contributed by atoms with Gasteiger partial charge in [-0.25, -0.2) is 0 Å². The lowest BCUT2D eigenvalue weighted by molar-refractivity contribution is 0.294. The Hall–Kier alpha value is -0.760. The van der Waals surface area contributed by atoms with Crippen molar-refractivity contribution in [3.05, 3.63) is 23.7 Å². The number of rotatable bonds is 2. The van der Waals surface area contributed by atoms with Crippen molar-refractivity contribution in [3.8, 4) is 0 Å². The fraction of sp³-hybridized carbons (Fsp3) is 0.714. The SMILES string of the molecule is Cc1ccc(C(N)C2CCCCCCC2)o1. The van der Waals surface area contributed by atoms with Gasteiger partial charge in [0.25, 0.3) is 0 Å². The molecule has 0 bridgehead atoms. The summed E-state index contributed by atoms with van der Waals surface area (Å²) in [5, 5.41) is 0. The van der Waals surface area contributed by atoms with Crippen LogP contribution in [0.3, 0.4) is 0 Å². The molecule has 16 heavy (non-hydrogen) atoms. The molecule has 90 valence electrons. The second-order valence-corrected chi connectivity index (χ2v) is 5.08. The minimum Gasteiger partial charge on any atom is -0.465 e. The molecule has 0 spiro atoms. The number of hydrogen-bond acceptors (Lipinski definition) is 2. The van der Waals surface area contributed by atoms with E-state index in [0.29, 0.717) is 5.92 Å². The Balaban J connectivity index is 1.98. The summed E-state index contributed by atoms with van der Waals surface area (Å²) in [5.41, 5.74) is 6.31. The van der Waals surface area contributed by atoms with Crippen LogP contribution in [0.1, 0.15) is 62.5 Å². The van der Waals surface area contributed by atoms with Gasteiger partial charge in [0.05, 0.1) is 6.04 Å². The molecular formula is C14H23NO. The Kier molecular flexibility index (Phi) is 4.05. The third kappa shape index (κ3) is 2.88. The predicted octanol–water partition coefficient (Wildman–Crippen LogP) is 3.95.